The lowest BCUT2D eigenvalue weighted by Crippen LogP contribution is -2.24. The molecular weight excluding hydrogens is 463 g/mol. The summed E-state index contributed by atoms with van der Waals surface area (Å²) >= 11 is 12.2. The SMILES string of the molecule is O=C(O)c1ccc(CNC(=O)c2cc(Cl)cc3ccn(CCOc4ccc(Cl)cc4)c23)cc1. The summed E-state index contributed by atoms with van der Waals surface area (Å²) in [6.07, 6.45) is 1.90. The van der Waals surface area contributed by atoms with Crippen molar-refractivity contribution in [1.82, 2.24) is 9.88 Å². The van der Waals surface area contributed by atoms with Crippen molar-refractivity contribution in [2.75, 3.05) is 6.61 Å². The number of carboxylic acid groups (broad SMARTS) is 1. The van der Waals surface area contributed by atoms with Gasteiger partial charge >= 0.3 is 5.97 Å². The van der Waals surface area contributed by atoms with Crippen LogP contribution in [0.3, 0.4) is 0 Å². The Morgan fingerprint density at radius 1 is 0.939 bits per heavy atom. The summed E-state index contributed by atoms with van der Waals surface area (Å²) in [5.41, 5.74) is 2.20. The van der Waals surface area contributed by atoms with Crippen LogP contribution in [0.2, 0.25) is 10.0 Å². The average Bonchev–Trinajstić information content (AvgIpc) is 3.21. The molecule has 0 aliphatic carbocycles. The lowest BCUT2D eigenvalue weighted by molar-refractivity contribution is 0.0696. The Hall–Kier alpha value is -3.48. The molecule has 1 heterocycles. The largest absolute Gasteiger partial charge is 0.492 e. The first-order valence-electron chi connectivity index (χ1n) is 10.2. The zero-order valence-corrected chi connectivity index (χ0v) is 18.9. The van der Waals surface area contributed by atoms with Crippen LogP contribution >= 0.6 is 23.2 Å². The number of rotatable bonds is 8. The highest BCUT2D eigenvalue weighted by atomic mass is 35.5. The highest BCUT2D eigenvalue weighted by molar-refractivity contribution is 6.32. The fourth-order valence-electron chi connectivity index (χ4n) is 3.51. The first-order chi connectivity index (χ1) is 15.9. The summed E-state index contributed by atoms with van der Waals surface area (Å²) < 4.78 is 7.75. The van der Waals surface area contributed by atoms with Crippen molar-refractivity contribution < 1.29 is 19.4 Å². The number of aromatic nitrogens is 1. The van der Waals surface area contributed by atoms with Gasteiger partial charge in [-0.1, -0.05) is 35.3 Å². The van der Waals surface area contributed by atoms with Crippen LogP contribution in [0, 0.1) is 0 Å². The number of aromatic carboxylic acids is 1. The van der Waals surface area contributed by atoms with Gasteiger partial charge in [0.15, 0.2) is 0 Å². The Morgan fingerprint density at radius 3 is 2.36 bits per heavy atom. The monoisotopic (exact) mass is 482 g/mol. The number of fused-ring (bicyclic) bond motifs is 1. The minimum atomic E-state index is -0.993. The number of nitrogens with one attached hydrogen (secondary N) is 1. The van der Waals surface area contributed by atoms with Crippen LogP contribution in [0.15, 0.2) is 72.9 Å². The van der Waals surface area contributed by atoms with Crippen LogP contribution in [0.1, 0.15) is 26.3 Å². The number of benzene rings is 3. The first kappa shape index (κ1) is 22.7. The Bertz CT molecular complexity index is 1300. The van der Waals surface area contributed by atoms with Crippen LogP contribution in [0.25, 0.3) is 10.9 Å². The third-order valence-corrected chi connectivity index (χ3v) is 5.61. The van der Waals surface area contributed by atoms with Gasteiger partial charge in [0.25, 0.3) is 5.91 Å². The quantitative estimate of drug-likeness (QED) is 0.339. The highest BCUT2D eigenvalue weighted by Gasteiger charge is 2.15. The molecule has 6 nitrogen and oxygen atoms in total. The second-order valence-corrected chi connectivity index (χ2v) is 8.26. The van der Waals surface area contributed by atoms with E-state index in [4.69, 9.17) is 33.0 Å². The zero-order chi connectivity index (χ0) is 23.4. The molecule has 1 aromatic heterocycles. The number of carbonyl (C=O) groups is 2. The number of amides is 1. The van der Waals surface area contributed by atoms with Crippen molar-refractivity contribution >= 4 is 46.0 Å². The van der Waals surface area contributed by atoms with Crippen molar-refractivity contribution in [1.29, 1.82) is 0 Å². The van der Waals surface area contributed by atoms with E-state index in [1.807, 2.05) is 22.9 Å². The van der Waals surface area contributed by atoms with Crippen molar-refractivity contribution in [3.63, 3.8) is 0 Å². The van der Waals surface area contributed by atoms with E-state index in [2.05, 4.69) is 5.32 Å². The van der Waals surface area contributed by atoms with E-state index >= 15 is 0 Å². The van der Waals surface area contributed by atoms with Gasteiger partial charge in [-0.3, -0.25) is 4.79 Å². The number of hydrogen-bond acceptors (Lipinski definition) is 3. The minimum absolute atomic E-state index is 0.195. The Kier molecular flexibility index (Phi) is 6.87. The smallest absolute Gasteiger partial charge is 0.335 e. The molecule has 0 atom stereocenters. The molecule has 4 rings (SSSR count). The van der Waals surface area contributed by atoms with Gasteiger partial charge in [-0.05, 0) is 60.2 Å². The van der Waals surface area contributed by atoms with Gasteiger partial charge < -0.3 is 19.7 Å². The van der Waals surface area contributed by atoms with Gasteiger partial charge in [0.1, 0.15) is 12.4 Å². The van der Waals surface area contributed by atoms with E-state index in [0.717, 1.165) is 16.5 Å². The fraction of sp³-hybridized carbons (Fsp3) is 0.120. The van der Waals surface area contributed by atoms with Gasteiger partial charge in [0.2, 0.25) is 0 Å². The molecule has 0 unspecified atom stereocenters. The maximum atomic E-state index is 13.0. The molecule has 0 saturated carbocycles. The Morgan fingerprint density at radius 2 is 1.67 bits per heavy atom. The van der Waals surface area contributed by atoms with Gasteiger partial charge in [0, 0.05) is 28.2 Å². The summed E-state index contributed by atoms with van der Waals surface area (Å²) in [4.78, 5) is 24.0. The van der Waals surface area contributed by atoms with Crippen molar-refractivity contribution in [2.45, 2.75) is 13.1 Å². The summed E-state index contributed by atoms with van der Waals surface area (Å²) in [7, 11) is 0. The lowest BCUT2D eigenvalue weighted by Gasteiger charge is -2.12. The number of halogens is 2. The van der Waals surface area contributed by atoms with Crippen LogP contribution in [-0.4, -0.2) is 28.2 Å². The van der Waals surface area contributed by atoms with Gasteiger partial charge in [-0.15, -0.1) is 0 Å². The molecule has 0 aliphatic heterocycles. The van der Waals surface area contributed by atoms with E-state index in [9.17, 15) is 9.59 Å². The molecule has 168 valence electrons. The third kappa shape index (κ3) is 5.48. The van der Waals surface area contributed by atoms with Gasteiger partial charge in [-0.2, -0.15) is 0 Å². The molecule has 0 radical (unpaired) electrons. The summed E-state index contributed by atoms with van der Waals surface area (Å²) in [6, 6.07) is 18.9. The molecule has 3 aromatic carbocycles. The summed E-state index contributed by atoms with van der Waals surface area (Å²) in [5, 5.41) is 13.9. The van der Waals surface area contributed by atoms with E-state index in [1.54, 1.807) is 42.5 Å². The zero-order valence-electron chi connectivity index (χ0n) is 17.4. The third-order valence-electron chi connectivity index (χ3n) is 5.14. The predicted octanol–water partition coefficient (Wildman–Crippen LogP) is 5.66. The van der Waals surface area contributed by atoms with E-state index < -0.39 is 5.97 Å². The van der Waals surface area contributed by atoms with Gasteiger partial charge in [-0.25, -0.2) is 4.79 Å². The Balaban J connectivity index is 1.48. The van der Waals surface area contributed by atoms with Crippen molar-refractivity contribution in [3.05, 3.63) is 99.7 Å². The number of ether oxygens (including phenoxy) is 1. The van der Waals surface area contributed by atoms with Crippen LogP contribution in [0.5, 0.6) is 5.75 Å². The standard InChI is InChI=1S/C25H20Cl2N2O4/c26-19-5-7-21(8-6-19)33-12-11-29-10-9-18-13-20(27)14-22(23(18)29)24(30)28-15-16-1-3-17(4-2-16)25(31)32/h1-10,13-14H,11-12,15H2,(H,28,30)(H,31,32). The average molecular weight is 483 g/mol. The maximum absolute atomic E-state index is 13.0. The van der Waals surface area contributed by atoms with Crippen molar-refractivity contribution in [3.8, 4) is 5.75 Å². The molecule has 8 heteroatoms. The number of carboxylic acids is 1. The molecule has 0 spiro atoms. The highest BCUT2D eigenvalue weighted by Crippen LogP contribution is 2.26. The number of carbonyl (C=O) groups excluding carboxylic acids is 1. The van der Waals surface area contributed by atoms with Crippen LogP contribution in [-0.2, 0) is 13.1 Å². The molecule has 0 saturated heterocycles. The molecule has 0 fully saturated rings. The number of nitrogens with zero attached hydrogens (tertiary/aromatic N) is 1. The topological polar surface area (TPSA) is 80.6 Å². The first-order valence-corrected chi connectivity index (χ1v) is 10.9. The molecule has 0 bridgehead atoms. The fourth-order valence-corrected chi connectivity index (χ4v) is 3.86. The van der Waals surface area contributed by atoms with E-state index in [-0.39, 0.29) is 18.0 Å². The van der Waals surface area contributed by atoms with Gasteiger partial charge in [0.05, 0.1) is 23.2 Å². The maximum Gasteiger partial charge on any atom is 0.335 e. The normalized spacial score (nSPS) is 10.8. The molecule has 1 amide bonds. The molecular formula is C25H20Cl2N2O4. The summed E-state index contributed by atoms with van der Waals surface area (Å²) in [6.45, 7) is 1.20. The molecule has 0 aliphatic rings. The van der Waals surface area contributed by atoms with Crippen molar-refractivity contribution in [2.24, 2.45) is 0 Å². The molecule has 33 heavy (non-hydrogen) atoms. The van der Waals surface area contributed by atoms with Crippen LogP contribution in [0.4, 0.5) is 0 Å². The van der Waals surface area contributed by atoms with E-state index in [1.165, 1.54) is 12.1 Å². The minimum Gasteiger partial charge on any atom is -0.492 e. The molecule has 2 N–H and O–H groups in total. The van der Waals surface area contributed by atoms with E-state index in [0.29, 0.717) is 34.5 Å². The Labute approximate surface area is 200 Å². The predicted molar refractivity (Wildman–Crippen MR) is 128 cm³/mol. The lowest BCUT2D eigenvalue weighted by atomic mass is 10.1. The van der Waals surface area contributed by atoms with Crippen LogP contribution < -0.4 is 10.1 Å². The molecule has 4 aromatic rings. The second kappa shape index (κ2) is 9.98. The summed E-state index contributed by atoms with van der Waals surface area (Å²) in [5.74, 6) is -0.554. The number of hydrogen-bond donors (Lipinski definition) is 2. The second-order valence-electron chi connectivity index (χ2n) is 7.39.